The van der Waals surface area contributed by atoms with Gasteiger partial charge in [0.05, 0.1) is 153 Å². The van der Waals surface area contributed by atoms with Crippen LogP contribution in [-0.4, -0.2) is 297 Å². The number of ether oxygens (including phenoxy) is 6. The molecule has 0 aliphatic rings. The minimum absolute atomic E-state index is 0.211. The predicted molar refractivity (Wildman–Crippen MR) is 556 cm³/mol. The molecule has 0 heterocycles. The third-order valence-corrected chi connectivity index (χ3v) is 21.9. The fraction of sp³-hybridized carbons (Fsp3) is 0.592. The second kappa shape index (κ2) is 88.3. The highest BCUT2D eigenvalue weighted by atomic mass is 79.9. The minimum Gasteiger partial charge on any atom is -0.456 e. The van der Waals surface area contributed by atoms with Gasteiger partial charge in [-0.2, -0.15) is 0 Å². The predicted octanol–water partition coefficient (Wildman–Crippen LogP) is 24.8. The van der Waals surface area contributed by atoms with Crippen molar-refractivity contribution >= 4 is 123 Å². The van der Waals surface area contributed by atoms with E-state index in [2.05, 4.69) is 212 Å². The Hall–Kier alpha value is -5.60. The lowest BCUT2D eigenvalue weighted by atomic mass is 10.2. The lowest BCUT2D eigenvalue weighted by Gasteiger charge is -2.37. The molecule has 6 rings (SSSR count). The van der Waals surface area contributed by atoms with Crippen LogP contribution in [0.4, 0.5) is 0 Å². The average molecular weight is 2080 g/mol. The van der Waals surface area contributed by atoms with Crippen LogP contribution in [0.15, 0.2) is 182 Å². The van der Waals surface area contributed by atoms with Gasteiger partial charge in [0.2, 0.25) is 0 Å². The van der Waals surface area contributed by atoms with Gasteiger partial charge in [0, 0.05) is 12.8 Å². The van der Waals surface area contributed by atoms with Gasteiger partial charge in [0.25, 0.3) is 0 Å². The molecule has 0 amide bonds. The summed E-state index contributed by atoms with van der Waals surface area (Å²) in [5.41, 5.74) is 3.77. The van der Waals surface area contributed by atoms with Crippen molar-refractivity contribution in [1.82, 2.24) is 0 Å². The van der Waals surface area contributed by atoms with Gasteiger partial charge >= 0.3 is 35.8 Å². The van der Waals surface area contributed by atoms with Gasteiger partial charge in [0.15, 0.2) is 0 Å². The quantitative estimate of drug-likeness (QED) is 0.0154. The van der Waals surface area contributed by atoms with Crippen molar-refractivity contribution in [3.8, 4) is 0 Å². The van der Waals surface area contributed by atoms with E-state index in [1.54, 1.807) is 72.8 Å². The second-order valence-electron chi connectivity index (χ2n) is 31.1. The van der Waals surface area contributed by atoms with Crippen LogP contribution in [0.5, 0.6) is 0 Å². The largest absolute Gasteiger partial charge is 0.456 e. The molecule has 0 bridgehead atoms. The third kappa shape index (κ3) is 63.2. The van der Waals surface area contributed by atoms with Gasteiger partial charge in [-0.1, -0.05) is 241 Å². The number of benzene rings is 6. The first kappa shape index (κ1) is 132. The van der Waals surface area contributed by atoms with Crippen LogP contribution in [0.3, 0.4) is 0 Å². The van der Waals surface area contributed by atoms with Gasteiger partial charge in [-0.25, -0.2) is 28.8 Å². The molecule has 0 N–H and O–H groups in total. The molecule has 18 nitrogen and oxygen atoms in total. The van der Waals surface area contributed by atoms with Gasteiger partial charge in [-0.3, -0.25) is 0 Å². The van der Waals surface area contributed by atoms with Gasteiger partial charge in [-0.15, -0.1) is 23.2 Å². The Labute approximate surface area is 818 Å². The van der Waals surface area contributed by atoms with Crippen molar-refractivity contribution in [2.24, 2.45) is 0 Å². The van der Waals surface area contributed by atoms with Crippen molar-refractivity contribution in [3.63, 3.8) is 0 Å². The molecule has 0 radical (unpaired) electrons. The molecule has 2 unspecified atom stereocenters. The molecule has 127 heavy (non-hydrogen) atoms. The number of carbonyl (C=O) groups is 6. The highest BCUT2D eigenvalue weighted by Gasteiger charge is 2.29. The van der Waals surface area contributed by atoms with Gasteiger partial charge < -0.3 is 55.3 Å². The first-order valence-electron chi connectivity index (χ1n) is 46.0. The average Bonchev–Trinajstić information content (AvgIpc) is 0.879. The third-order valence-electron chi connectivity index (χ3n) is 21.9. The topological polar surface area (TPSA) is 158 Å². The van der Waals surface area contributed by atoms with Crippen molar-refractivity contribution in [1.29, 1.82) is 0 Å². The Morgan fingerprint density at radius 2 is 0.354 bits per heavy atom. The SMILES string of the molecule is CBr.CBr.CBr.CBr.CCCC[N+](CC)(CCC)CCOC(=O)c1ccccc1.CCCC[N+](CC)(CCC)CCOC(=O)c1ccccc1.CCC[N+](CC)(CCC)CCOC(=O)c1ccccc1.CCC[N+](CC)(CCC)CCOC(=O)c1ccccc1.CC[N+](CC)(CC)CCOC(=O)c1ccccc1.CCl.CCl.C[N+](C)(C)CCOC(=O)c1ccccc1. The summed E-state index contributed by atoms with van der Waals surface area (Å²) in [6, 6.07) is 55.1. The van der Waals surface area contributed by atoms with Crippen LogP contribution in [0.2, 0.25) is 0 Å². The number of hydrogen-bond donors (Lipinski definition) is 0. The molecular weight excluding hydrogens is 1900 g/mol. The molecule has 0 saturated heterocycles. The number of esters is 6. The number of alkyl halides is 6. The number of carbonyl (C=O) groups excluding carboxylic acids is 6. The number of hydrogen-bond acceptors (Lipinski definition) is 12. The summed E-state index contributed by atoms with van der Waals surface area (Å²) in [6.07, 6.45) is 14.9. The Morgan fingerprint density at radius 1 is 0.213 bits per heavy atom. The summed E-state index contributed by atoms with van der Waals surface area (Å²) < 4.78 is 38.3. The molecule has 0 spiro atoms. The fourth-order valence-corrected chi connectivity index (χ4v) is 14.2. The summed E-state index contributed by atoms with van der Waals surface area (Å²) in [7, 11) is 6.20. The summed E-state index contributed by atoms with van der Waals surface area (Å²) in [4.78, 5) is 71.0. The molecule has 0 saturated carbocycles. The van der Waals surface area contributed by atoms with Crippen molar-refractivity contribution in [2.45, 2.75) is 168 Å². The van der Waals surface area contributed by atoms with E-state index in [0.717, 1.165) is 138 Å². The maximum absolute atomic E-state index is 12.0. The maximum atomic E-state index is 12.0. The zero-order valence-electron chi connectivity index (χ0n) is 83.3. The molecule has 0 aliphatic carbocycles. The smallest absolute Gasteiger partial charge is 0.338 e. The number of likely N-dealkylation sites (N-methyl/N-ethyl adjacent to an activating group) is 6. The first-order chi connectivity index (χ1) is 61.3. The van der Waals surface area contributed by atoms with Crippen LogP contribution < -0.4 is 0 Å². The van der Waals surface area contributed by atoms with Crippen LogP contribution in [-0.2, 0) is 28.4 Å². The number of halogens is 6. The summed E-state index contributed by atoms with van der Waals surface area (Å²) in [6.45, 7) is 58.6. The van der Waals surface area contributed by atoms with Crippen LogP contribution in [0.25, 0.3) is 0 Å². The van der Waals surface area contributed by atoms with Crippen molar-refractivity contribution in [2.75, 3.05) is 234 Å². The Kier molecular flexibility index (Phi) is 91.9. The van der Waals surface area contributed by atoms with E-state index in [-0.39, 0.29) is 35.8 Å². The lowest BCUT2D eigenvalue weighted by Crippen LogP contribution is -2.51. The van der Waals surface area contributed by atoms with E-state index >= 15 is 0 Å². The molecule has 726 valence electrons. The molecule has 6 aromatic carbocycles. The van der Waals surface area contributed by atoms with Crippen LogP contribution >= 0.6 is 86.9 Å². The zero-order chi connectivity index (χ0) is 97.5. The Morgan fingerprint density at radius 3 is 0.488 bits per heavy atom. The van der Waals surface area contributed by atoms with E-state index in [1.807, 2.05) is 133 Å². The van der Waals surface area contributed by atoms with E-state index < -0.39 is 0 Å². The number of rotatable bonds is 49. The number of unbranched alkanes of at least 4 members (excludes halogenated alkanes) is 2. The molecule has 0 aliphatic heterocycles. The molecular formula is C103H176Br4Cl2N6O12+6. The van der Waals surface area contributed by atoms with Crippen LogP contribution in [0, 0.1) is 0 Å². The molecule has 24 heteroatoms. The number of nitrogens with zero attached hydrogens (tertiary/aromatic N) is 6. The zero-order valence-corrected chi connectivity index (χ0v) is 91.2. The lowest BCUT2D eigenvalue weighted by molar-refractivity contribution is -0.926. The van der Waals surface area contributed by atoms with Crippen molar-refractivity contribution in [3.05, 3.63) is 215 Å². The summed E-state index contributed by atoms with van der Waals surface area (Å²) in [5.74, 6) is 5.93. The Balaban J connectivity index is -0.000000338. The van der Waals surface area contributed by atoms with Gasteiger partial charge in [-0.05, 0) is 196 Å². The highest BCUT2D eigenvalue weighted by molar-refractivity contribution is 9.09. The first-order valence-corrected chi connectivity index (χ1v) is 53.9. The Bertz CT molecular complexity index is 3300. The maximum Gasteiger partial charge on any atom is 0.338 e. The van der Waals surface area contributed by atoms with E-state index in [4.69, 9.17) is 28.4 Å². The fourth-order valence-electron chi connectivity index (χ4n) is 14.2. The molecule has 6 aromatic rings. The highest BCUT2D eigenvalue weighted by Crippen LogP contribution is 2.17. The summed E-state index contributed by atoms with van der Waals surface area (Å²) >= 11 is 21.0. The molecule has 2 atom stereocenters. The van der Waals surface area contributed by atoms with E-state index in [1.165, 1.54) is 103 Å². The molecule has 0 fully saturated rings. The second-order valence-corrected chi connectivity index (χ2v) is 31.1. The van der Waals surface area contributed by atoms with E-state index in [0.29, 0.717) is 73.0 Å². The normalized spacial score (nSPS) is 11.3. The molecule has 0 aromatic heterocycles. The standard InChI is InChI=1S/2C18H30NO2.2C17H28NO2.C15H24NO2.C12H18NO2.4CH3Br.2CH3Cl/c2*1-4-7-14-19(6-3,13-5-2)15-16-21-18(20)17-11-9-8-10-12-17;2*1-4-12-18(6-3,13-5-2)14-15-20-17(19)16-10-8-7-9-11-16;1-4-16(5-2,6-3)12-13-18-15(17)14-10-8-7-9-11-14;1-13(2,3)9-10-15-12(14)11-7-5-4-6-8-11;6*1-2/h2*8-12H,4-7,13-16H2,1-3H3;2*7-11H,4-6,12-15H2,1-3H3;7-11H,4-6,12-13H2,1-3H3;4-8H,9-10H2,1-3H3;6*1H3/q6*+1;;;;;;. The van der Waals surface area contributed by atoms with Crippen molar-refractivity contribution < 1.29 is 84.1 Å². The van der Waals surface area contributed by atoms with Crippen LogP contribution in [0.1, 0.15) is 230 Å². The monoisotopic (exact) mass is 2070 g/mol. The number of quaternary nitrogens is 6. The summed E-state index contributed by atoms with van der Waals surface area (Å²) in [5, 5.41) is 0. The van der Waals surface area contributed by atoms with E-state index in [9.17, 15) is 28.8 Å². The minimum atomic E-state index is -0.246. The van der Waals surface area contributed by atoms with Gasteiger partial charge in [0.1, 0.15) is 78.9 Å².